The molecule has 0 heteroatoms. The van der Waals surface area contributed by atoms with Crippen molar-refractivity contribution in [2.45, 2.75) is 40.5 Å². The summed E-state index contributed by atoms with van der Waals surface area (Å²) in [4.78, 5) is 0. The predicted molar refractivity (Wildman–Crippen MR) is 66.4 cm³/mol. The second-order valence-electron chi connectivity index (χ2n) is 3.62. The van der Waals surface area contributed by atoms with Crippen LogP contribution in [-0.4, -0.2) is 0 Å². The minimum absolute atomic E-state index is 1.10. The average Bonchev–Trinajstić information content (AvgIpc) is 2.15. The van der Waals surface area contributed by atoms with E-state index in [1.54, 1.807) is 0 Å². The van der Waals surface area contributed by atoms with Crippen molar-refractivity contribution in [1.82, 2.24) is 0 Å². The topological polar surface area (TPSA) is 0 Å². The molecule has 0 aromatic heterocycles. The van der Waals surface area contributed by atoms with Crippen LogP contribution in [0.3, 0.4) is 0 Å². The Morgan fingerprint density at radius 3 is 2.43 bits per heavy atom. The summed E-state index contributed by atoms with van der Waals surface area (Å²) < 4.78 is 0. The summed E-state index contributed by atoms with van der Waals surface area (Å²) in [5.41, 5.74) is 3.82. The van der Waals surface area contributed by atoms with Gasteiger partial charge < -0.3 is 0 Å². The van der Waals surface area contributed by atoms with Crippen LogP contribution in [0.1, 0.15) is 40.5 Å². The zero-order chi connectivity index (χ0) is 11.0. The van der Waals surface area contributed by atoms with Crippen molar-refractivity contribution in [2.75, 3.05) is 0 Å². The first-order chi connectivity index (χ1) is 6.61. The second kappa shape index (κ2) is 7.37. The predicted octanol–water partition coefficient (Wildman–Crippen LogP) is 4.81. The van der Waals surface area contributed by atoms with Crippen molar-refractivity contribution < 1.29 is 0 Å². The molecule has 0 rings (SSSR count). The van der Waals surface area contributed by atoms with E-state index in [-0.39, 0.29) is 0 Å². The maximum absolute atomic E-state index is 4.06. The van der Waals surface area contributed by atoms with Crippen LogP contribution in [-0.2, 0) is 0 Å². The summed E-state index contributed by atoms with van der Waals surface area (Å²) in [6.07, 6.45) is 10.7. The molecule has 0 saturated heterocycles. The summed E-state index contributed by atoms with van der Waals surface area (Å²) in [6.45, 7) is 12.5. The van der Waals surface area contributed by atoms with Crippen LogP contribution >= 0.6 is 0 Å². The molecule has 0 heterocycles. The molecule has 0 amide bonds. The highest BCUT2D eigenvalue weighted by molar-refractivity contribution is 5.34. The lowest BCUT2D eigenvalue weighted by atomic mass is 10.0. The Hall–Kier alpha value is -1.04. The molecule has 0 bridgehead atoms. The van der Waals surface area contributed by atoms with Crippen molar-refractivity contribution in [3.63, 3.8) is 0 Å². The molecule has 0 aliphatic carbocycles. The molecular formula is C14H22. The van der Waals surface area contributed by atoms with Crippen molar-refractivity contribution in [1.29, 1.82) is 0 Å². The van der Waals surface area contributed by atoms with Crippen LogP contribution in [0.15, 0.2) is 47.6 Å². The summed E-state index contributed by atoms with van der Waals surface area (Å²) >= 11 is 0. The molecule has 0 aromatic carbocycles. The summed E-state index contributed by atoms with van der Waals surface area (Å²) in [5.74, 6) is 0. The number of rotatable bonds is 5. The standard InChI is InChI=1S/C14H22/c1-6-8-10-12(3)11-14(5)13(4)9-7-2/h6,8,10-11H,4,7,9H2,1-3,5H3/b8-6+,12-10-,14-11+. The van der Waals surface area contributed by atoms with Gasteiger partial charge in [0.15, 0.2) is 0 Å². The zero-order valence-electron chi connectivity index (χ0n) is 9.93. The molecule has 14 heavy (non-hydrogen) atoms. The number of hydrogen-bond donors (Lipinski definition) is 0. The SMILES string of the molecule is C=C(CCC)/C(C)=C/C(C)=C\C=C\C. The highest BCUT2D eigenvalue weighted by Gasteiger charge is 1.94. The molecular weight excluding hydrogens is 168 g/mol. The number of hydrogen-bond acceptors (Lipinski definition) is 0. The second-order valence-corrected chi connectivity index (χ2v) is 3.62. The van der Waals surface area contributed by atoms with Gasteiger partial charge in [-0.1, -0.05) is 55.4 Å². The summed E-state index contributed by atoms with van der Waals surface area (Å²) in [5, 5.41) is 0. The monoisotopic (exact) mass is 190 g/mol. The fraction of sp³-hybridized carbons (Fsp3) is 0.429. The van der Waals surface area contributed by atoms with E-state index < -0.39 is 0 Å². The minimum atomic E-state index is 1.10. The van der Waals surface area contributed by atoms with Gasteiger partial charge >= 0.3 is 0 Å². The maximum atomic E-state index is 4.06. The van der Waals surface area contributed by atoms with E-state index >= 15 is 0 Å². The first kappa shape index (κ1) is 13.0. The van der Waals surface area contributed by atoms with E-state index in [0.717, 1.165) is 6.42 Å². The fourth-order valence-corrected chi connectivity index (χ4v) is 1.24. The van der Waals surface area contributed by atoms with Crippen LogP contribution in [0.2, 0.25) is 0 Å². The molecule has 0 atom stereocenters. The Bertz CT molecular complexity index is 262. The quantitative estimate of drug-likeness (QED) is 0.546. The van der Waals surface area contributed by atoms with Crippen LogP contribution in [0, 0.1) is 0 Å². The van der Waals surface area contributed by atoms with Crippen molar-refractivity contribution in [3.05, 3.63) is 47.6 Å². The highest BCUT2D eigenvalue weighted by atomic mass is 14.0. The van der Waals surface area contributed by atoms with Gasteiger partial charge in [0.25, 0.3) is 0 Å². The Kier molecular flexibility index (Phi) is 6.82. The average molecular weight is 190 g/mol. The maximum Gasteiger partial charge on any atom is -0.0285 e. The van der Waals surface area contributed by atoms with Gasteiger partial charge in [-0.15, -0.1) is 0 Å². The molecule has 78 valence electrons. The van der Waals surface area contributed by atoms with Crippen LogP contribution < -0.4 is 0 Å². The van der Waals surface area contributed by atoms with E-state index in [9.17, 15) is 0 Å². The molecule has 0 N–H and O–H groups in total. The first-order valence-corrected chi connectivity index (χ1v) is 5.27. The number of allylic oxidation sites excluding steroid dienone is 7. The van der Waals surface area contributed by atoms with Crippen LogP contribution in [0.5, 0.6) is 0 Å². The zero-order valence-corrected chi connectivity index (χ0v) is 9.93. The van der Waals surface area contributed by atoms with Gasteiger partial charge in [-0.05, 0) is 32.8 Å². The van der Waals surface area contributed by atoms with E-state index in [1.807, 2.05) is 13.0 Å². The van der Waals surface area contributed by atoms with Crippen molar-refractivity contribution in [3.8, 4) is 0 Å². The van der Waals surface area contributed by atoms with Gasteiger partial charge in [-0.25, -0.2) is 0 Å². The molecule has 0 aliphatic rings. The summed E-state index contributed by atoms with van der Waals surface area (Å²) in [7, 11) is 0. The summed E-state index contributed by atoms with van der Waals surface area (Å²) in [6, 6.07) is 0. The molecule has 0 unspecified atom stereocenters. The minimum Gasteiger partial charge on any atom is -0.0956 e. The van der Waals surface area contributed by atoms with E-state index in [4.69, 9.17) is 0 Å². The highest BCUT2D eigenvalue weighted by Crippen LogP contribution is 2.15. The van der Waals surface area contributed by atoms with E-state index in [1.165, 1.54) is 23.1 Å². The first-order valence-electron chi connectivity index (χ1n) is 5.27. The Morgan fingerprint density at radius 1 is 1.29 bits per heavy atom. The van der Waals surface area contributed by atoms with Gasteiger partial charge in [-0.2, -0.15) is 0 Å². The third-order valence-electron chi connectivity index (χ3n) is 2.11. The molecule has 0 aromatic rings. The Balaban J connectivity index is 4.42. The van der Waals surface area contributed by atoms with Gasteiger partial charge in [0.2, 0.25) is 0 Å². The van der Waals surface area contributed by atoms with Gasteiger partial charge in [0.1, 0.15) is 0 Å². The molecule has 0 spiro atoms. The lowest BCUT2D eigenvalue weighted by Crippen LogP contribution is -1.83. The van der Waals surface area contributed by atoms with Crippen LogP contribution in [0.25, 0.3) is 0 Å². The fourth-order valence-electron chi connectivity index (χ4n) is 1.24. The normalized spacial score (nSPS) is 13.7. The van der Waals surface area contributed by atoms with Gasteiger partial charge in [0, 0.05) is 0 Å². The molecule has 0 saturated carbocycles. The third kappa shape index (κ3) is 5.58. The van der Waals surface area contributed by atoms with E-state index in [0.29, 0.717) is 0 Å². The molecule has 0 fully saturated rings. The van der Waals surface area contributed by atoms with Crippen molar-refractivity contribution >= 4 is 0 Å². The van der Waals surface area contributed by atoms with Crippen molar-refractivity contribution in [2.24, 2.45) is 0 Å². The lowest BCUT2D eigenvalue weighted by molar-refractivity contribution is 0.915. The molecule has 0 radical (unpaired) electrons. The van der Waals surface area contributed by atoms with Crippen LogP contribution in [0.4, 0.5) is 0 Å². The van der Waals surface area contributed by atoms with Gasteiger partial charge in [0.05, 0.1) is 0 Å². The van der Waals surface area contributed by atoms with E-state index in [2.05, 4.69) is 45.6 Å². The Labute approximate surface area is 88.7 Å². The smallest absolute Gasteiger partial charge is 0.0285 e. The Morgan fingerprint density at radius 2 is 1.93 bits per heavy atom. The molecule has 0 aliphatic heterocycles. The lowest BCUT2D eigenvalue weighted by Gasteiger charge is -2.03. The molecule has 0 nitrogen and oxygen atoms in total. The largest absolute Gasteiger partial charge is 0.0956 e. The third-order valence-corrected chi connectivity index (χ3v) is 2.11. The van der Waals surface area contributed by atoms with Gasteiger partial charge in [-0.3, -0.25) is 0 Å².